The Morgan fingerprint density at radius 3 is 2.53 bits per heavy atom. The van der Waals surface area contributed by atoms with Crippen molar-refractivity contribution < 1.29 is 14.4 Å². The van der Waals surface area contributed by atoms with Gasteiger partial charge in [-0.1, -0.05) is 28.4 Å². The second kappa shape index (κ2) is 6.98. The number of hydrogen-bond acceptors (Lipinski definition) is 5. The van der Waals surface area contributed by atoms with Crippen molar-refractivity contribution in [3.8, 4) is 0 Å². The summed E-state index contributed by atoms with van der Waals surface area (Å²) >= 11 is 0. The summed E-state index contributed by atoms with van der Waals surface area (Å²) in [5.74, 6) is 0.0408. The van der Waals surface area contributed by atoms with Crippen LogP contribution in [0.5, 0.6) is 0 Å². The lowest BCUT2D eigenvalue weighted by Gasteiger charge is -2.31. The summed E-state index contributed by atoms with van der Waals surface area (Å²) in [6.07, 6.45) is 1.79. The molecule has 0 radical (unpaired) electrons. The molecule has 1 amide bonds. The molecule has 108 valence electrons. The van der Waals surface area contributed by atoms with E-state index in [0.29, 0.717) is 17.9 Å². The van der Waals surface area contributed by atoms with E-state index < -0.39 is 0 Å². The lowest BCUT2D eigenvalue weighted by molar-refractivity contribution is 0.0930. The van der Waals surface area contributed by atoms with E-state index in [1.807, 2.05) is 0 Å². The fraction of sp³-hybridized carbons (Fsp3) is 0.667. The predicted octanol–water partition coefficient (Wildman–Crippen LogP) is 1.14. The van der Waals surface area contributed by atoms with Crippen molar-refractivity contribution in [2.45, 2.75) is 45.8 Å². The molecule has 0 aliphatic rings. The summed E-state index contributed by atoms with van der Waals surface area (Å²) in [5, 5.41) is 18.7. The van der Waals surface area contributed by atoms with Crippen LogP contribution in [0.3, 0.4) is 0 Å². The molecule has 1 atom stereocenters. The minimum absolute atomic E-state index is 0.141. The van der Waals surface area contributed by atoms with Gasteiger partial charge < -0.3 is 14.9 Å². The van der Waals surface area contributed by atoms with E-state index in [2.05, 4.69) is 38.8 Å². The minimum Gasteiger partial charge on any atom is -0.388 e. The van der Waals surface area contributed by atoms with Crippen LogP contribution in [0.15, 0.2) is 4.52 Å². The second-order valence-corrected chi connectivity index (χ2v) is 4.84. The molecule has 19 heavy (non-hydrogen) atoms. The largest absolute Gasteiger partial charge is 0.388 e. The molecule has 0 aliphatic heterocycles. The summed E-state index contributed by atoms with van der Waals surface area (Å²) in [5.41, 5.74) is 0.670. The number of aliphatic hydroxyl groups excluding tert-OH is 1. The average molecular weight is 287 g/mol. The van der Waals surface area contributed by atoms with E-state index in [4.69, 9.17) is 9.63 Å². The van der Waals surface area contributed by atoms with E-state index >= 15 is 0 Å². The maximum Gasteiger partial charge on any atom is 0.273 e. The number of aliphatic hydroxyl groups is 1. The van der Waals surface area contributed by atoms with Crippen molar-refractivity contribution >= 4 is 15.3 Å². The van der Waals surface area contributed by atoms with Crippen molar-refractivity contribution in [3.63, 3.8) is 0 Å². The van der Waals surface area contributed by atoms with Gasteiger partial charge in [0.2, 0.25) is 0 Å². The first kappa shape index (κ1) is 16.1. The van der Waals surface area contributed by atoms with E-state index in [9.17, 15) is 4.79 Å². The molecule has 0 fully saturated rings. The smallest absolute Gasteiger partial charge is 0.273 e. The standard InChI is InChI=1S/C12H22N3O3P/c1-4-12(5-2,15-19)7-13-11(17)10-8(3)9(6-16)18-14-10/h15-16H,4-7,19H2,1-3H3,(H,13,17). The van der Waals surface area contributed by atoms with Crippen molar-refractivity contribution in [3.05, 3.63) is 17.0 Å². The van der Waals surface area contributed by atoms with Crippen LogP contribution in [0.4, 0.5) is 0 Å². The van der Waals surface area contributed by atoms with Crippen LogP contribution in [0, 0.1) is 6.92 Å². The molecular weight excluding hydrogens is 265 g/mol. The molecule has 0 bridgehead atoms. The monoisotopic (exact) mass is 287 g/mol. The zero-order valence-electron chi connectivity index (χ0n) is 11.6. The lowest BCUT2D eigenvalue weighted by Crippen LogP contribution is -2.49. The highest BCUT2D eigenvalue weighted by atomic mass is 31.0. The molecule has 6 nitrogen and oxygen atoms in total. The number of aromatic nitrogens is 1. The Balaban J connectivity index is 2.72. The number of nitrogens with one attached hydrogen (secondary N) is 2. The maximum absolute atomic E-state index is 12.0. The highest BCUT2D eigenvalue weighted by molar-refractivity contribution is 7.13. The molecule has 0 aromatic carbocycles. The van der Waals surface area contributed by atoms with Gasteiger partial charge in [0.05, 0.1) is 0 Å². The molecule has 1 heterocycles. The molecule has 0 saturated carbocycles. The Kier molecular flexibility index (Phi) is 5.91. The van der Waals surface area contributed by atoms with Gasteiger partial charge in [0.1, 0.15) is 6.61 Å². The summed E-state index contributed by atoms with van der Waals surface area (Å²) in [4.78, 5) is 12.0. The Morgan fingerprint density at radius 2 is 2.11 bits per heavy atom. The summed E-state index contributed by atoms with van der Waals surface area (Å²) < 4.78 is 4.90. The number of rotatable bonds is 7. The zero-order valence-corrected chi connectivity index (χ0v) is 12.8. The SMILES string of the molecule is CCC(CC)(CNC(=O)c1noc(CO)c1C)NP. The number of hydrogen-bond donors (Lipinski definition) is 3. The highest BCUT2D eigenvalue weighted by Gasteiger charge is 2.26. The third-order valence-electron chi connectivity index (χ3n) is 3.63. The van der Waals surface area contributed by atoms with Crippen LogP contribution >= 0.6 is 9.39 Å². The average Bonchev–Trinajstić information content (AvgIpc) is 2.81. The van der Waals surface area contributed by atoms with Crippen LogP contribution in [0.25, 0.3) is 0 Å². The van der Waals surface area contributed by atoms with E-state index in [1.54, 1.807) is 6.92 Å². The first-order chi connectivity index (χ1) is 9.03. The van der Waals surface area contributed by atoms with Crippen LogP contribution in [-0.4, -0.2) is 28.3 Å². The molecular formula is C12H22N3O3P. The molecule has 1 aromatic rings. The number of carbonyl (C=O) groups excluding carboxylic acids is 1. The van der Waals surface area contributed by atoms with Crippen LogP contribution in [0.2, 0.25) is 0 Å². The molecule has 0 spiro atoms. The quantitative estimate of drug-likeness (QED) is 0.655. The van der Waals surface area contributed by atoms with Gasteiger partial charge in [-0.3, -0.25) is 9.88 Å². The first-order valence-electron chi connectivity index (χ1n) is 6.35. The van der Waals surface area contributed by atoms with E-state index in [1.165, 1.54) is 0 Å². The van der Waals surface area contributed by atoms with Crippen LogP contribution < -0.4 is 10.4 Å². The van der Waals surface area contributed by atoms with Crippen molar-refractivity contribution in [2.75, 3.05) is 6.54 Å². The molecule has 7 heteroatoms. The Morgan fingerprint density at radius 1 is 1.47 bits per heavy atom. The Bertz CT molecular complexity index is 422. The third-order valence-corrected chi connectivity index (χ3v) is 4.24. The predicted molar refractivity (Wildman–Crippen MR) is 75.7 cm³/mol. The summed E-state index contributed by atoms with van der Waals surface area (Å²) in [7, 11) is 2.50. The number of nitrogens with zero attached hydrogens (tertiary/aromatic N) is 1. The number of carbonyl (C=O) groups is 1. The third kappa shape index (κ3) is 3.53. The van der Waals surface area contributed by atoms with E-state index in [0.717, 1.165) is 12.8 Å². The molecule has 0 saturated heterocycles. The van der Waals surface area contributed by atoms with Gasteiger partial charge in [-0.05, 0) is 19.8 Å². The molecule has 1 aromatic heterocycles. The Labute approximate surface area is 115 Å². The summed E-state index contributed by atoms with van der Waals surface area (Å²) in [6.45, 7) is 6.09. The zero-order chi connectivity index (χ0) is 14.5. The number of amides is 1. The van der Waals surface area contributed by atoms with Crippen molar-refractivity contribution in [1.29, 1.82) is 0 Å². The molecule has 3 N–H and O–H groups in total. The minimum atomic E-state index is -0.285. The van der Waals surface area contributed by atoms with Gasteiger partial charge in [0.15, 0.2) is 11.5 Å². The maximum atomic E-state index is 12.0. The van der Waals surface area contributed by atoms with Gasteiger partial charge in [-0.2, -0.15) is 0 Å². The topological polar surface area (TPSA) is 87.4 Å². The van der Waals surface area contributed by atoms with Gasteiger partial charge in [-0.15, -0.1) is 0 Å². The van der Waals surface area contributed by atoms with Gasteiger partial charge >= 0.3 is 0 Å². The Hall–Kier alpha value is -0.970. The molecule has 0 aliphatic carbocycles. The molecule has 1 unspecified atom stereocenters. The lowest BCUT2D eigenvalue weighted by atomic mass is 9.94. The normalized spacial score (nSPS) is 11.6. The van der Waals surface area contributed by atoms with Gasteiger partial charge in [0, 0.05) is 17.6 Å². The van der Waals surface area contributed by atoms with Gasteiger partial charge in [0.25, 0.3) is 5.91 Å². The van der Waals surface area contributed by atoms with Crippen molar-refractivity contribution in [1.82, 2.24) is 15.6 Å². The van der Waals surface area contributed by atoms with Gasteiger partial charge in [-0.25, -0.2) is 0 Å². The van der Waals surface area contributed by atoms with Crippen molar-refractivity contribution in [2.24, 2.45) is 0 Å². The van der Waals surface area contributed by atoms with E-state index in [-0.39, 0.29) is 23.7 Å². The fourth-order valence-electron chi connectivity index (χ4n) is 1.82. The first-order valence-corrected chi connectivity index (χ1v) is 6.93. The fourth-order valence-corrected chi connectivity index (χ4v) is 2.33. The van der Waals surface area contributed by atoms with Crippen LogP contribution in [-0.2, 0) is 6.61 Å². The second-order valence-electron chi connectivity index (χ2n) is 4.55. The highest BCUT2D eigenvalue weighted by Crippen LogP contribution is 2.17. The summed E-state index contributed by atoms with van der Waals surface area (Å²) in [6, 6.07) is 0. The molecule has 1 rings (SSSR count). The van der Waals surface area contributed by atoms with Crippen LogP contribution in [0.1, 0.15) is 48.5 Å².